The Bertz CT molecular complexity index is 1000. The molecule has 1 fully saturated rings. The van der Waals surface area contributed by atoms with Crippen molar-refractivity contribution in [3.63, 3.8) is 0 Å². The zero-order valence-corrected chi connectivity index (χ0v) is 14.2. The van der Waals surface area contributed by atoms with Gasteiger partial charge in [0.2, 0.25) is 0 Å². The summed E-state index contributed by atoms with van der Waals surface area (Å²) in [6, 6.07) is 3.77. The second-order valence-corrected chi connectivity index (χ2v) is 6.77. The number of aromatic nitrogens is 3. The van der Waals surface area contributed by atoms with E-state index < -0.39 is 0 Å². The summed E-state index contributed by atoms with van der Waals surface area (Å²) in [7, 11) is 0. The Labute approximate surface area is 143 Å². The van der Waals surface area contributed by atoms with E-state index in [1.54, 1.807) is 0 Å². The fourth-order valence-electron chi connectivity index (χ4n) is 4.14. The summed E-state index contributed by atoms with van der Waals surface area (Å²) < 4.78 is 19.1. The molecule has 2 aromatic heterocycles. The van der Waals surface area contributed by atoms with Crippen molar-refractivity contribution in [3.8, 4) is 16.9 Å². The van der Waals surface area contributed by atoms with E-state index in [1.807, 2.05) is 30.5 Å². The van der Waals surface area contributed by atoms with E-state index in [9.17, 15) is 4.79 Å². The van der Waals surface area contributed by atoms with Crippen LogP contribution in [0.1, 0.15) is 30.3 Å². The molecular weight excluding hydrogens is 322 g/mol. The van der Waals surface area contributed by atoms with Crippen LogP contribution in [0.2, 0.25) is 0 Å². The fraction of sp³-hybridized carbons (Fsp3) is 0.444. The normalized spacial score (nSPS) is 22.5. The highest BCUT2D eigenvalue weighted by Crippen LogP contribution is 2.43. The molecule has 1 unspecified atom stereocenters. The molecule has 0 radical (unpaired) electrons. The van der Waals surface area contributed by atoms with E-state index in [0.29, 0.717) is 12.4 Å². The number of nitrogens with zero attached hydrogens (tertiary/aromatic N) is 2. The summed E-state index contributed by atoms with van der Waals surface area (Å²) in [5.41, 5.74) is 4.10. The molecule has 1 N–H and O–H groups in total. The number of hydrogen-bond acceptors (Lipinski definition) is 5. The van der Waals surface area contributed by atoms with Crippen LogP contribution in [-0.2, 0) is 4.74 Å². The number of nitrogens with one attached hydrogen (secondary N) is 1. The molecule has 0 spiro atoms. The van der Waals surface area contributed by atoms with Gasteiger partial charge in [-0.05, 0) is 38.8 Å². The van der Waals surface area contributed by atoms with Crippen molar-refractivity contribution >= 4 is 11.0 Å². The van der Waals surface area contributed by atoms with Gasteiger partial charge in [0, 0.05) is 12.2 Å². The molecule has 0 aliphatic carbocycles. The second-order valence-electron chi connectivity index (χ2n) is 6.77. The smallest absolute Gasteiger partial charge is 0.327 e. The lowest BCUT2D eigenvalue weighted by atomic mass is 10.0. The molecule has 4 heterocycles. The van der Waals surface area contributed by atoms with Gasteiger partial charge < -0.3 is 19.0 Å². The van der Waals surface area contributed by atoms with E-state index in [2.05, 4.69) is 10.1 Å². The number of benzene rings is 1. The molecule has 0 saturated carbocycles. The van der Waals surface area contributed by atoms with Crippen LogP contribution in [0.3, 0.4) is 0 Å². The zero-order chi connectivity index (χ0) is 17.1. The van der Waals surface area contributed by atoms with Crippen molar-refractivity contribution in [2.75, 3.05) is 13.2 Å². The molecule has 0 amide bonds. The first-order valence-electron chi connectivity index (χ1n) is 8.60. The molecular formula is C18H19N3O4. The summed E-state index contributed by atoms with van der Waals surface area (Å²) in [4.78, 5) is 15.6. The third-order valence-electron chi connectivity index (χ3n) is 5.26. The van der Waals surface area contributed by atoms with Gasteiger partial charge in [-0.3, -0.25) is 4.57 Å². The molecule has 5 rings (SSSR count). The largest absolute Gasteiger partial charge is 0.488 e. The third-order valence-corrected chi connectivity index (χ3v) is 5.26. The molecule has 7 heteroatoms. The number of rotatable bonds is 2. The Morgan fingerprint density at radius 3 is 2.92 bits per heavy atom. The highest BCUT2D eigenvalue weighted by atomic mass is 16.5. The molecule has 2 aliphatic rings. The molecule has 1 saturated heterocycles. The van der Waals surface area contributed by atoms with Gasteiger partial charge in [0.05, 0.1) is 28.9 Å². The minimum atomic E-state index is -0.115. The minimum absolute atomic E-state index is 0.0209. The summed E-state index contributed by atoms with van der Waals surface area (Å²) >= 11 is 0. The first kappa shape index (κ1) is 14.8. The van der Waals surface area contributed by atoms with Gasteiger partial charge in [-0.15, -0.1) is 0 Å². The predicted octanol–water partition coefficient (Wildman–Crippen LogP) is 2.71. The van der Waals surface area contributed by atoms with Crippen LogP contribution < -0.4 is 10.4 Å². The highest BCUT2D eigenvalue weighted by Gasteiger charge is 2.35. The number of aromatic amines is 1. The topological polar surface area (TPSA) is 82.3 Å². The van der Waals surface area contributed by atoms with Crippen molar-refractivity contribution < 1.29 is 14.0 Å². The van der Waals surface area contributed by atoms with Gasteiger partial charge in [-0.2, -0.15) is 0 Å². The minimum Gasteiger partial charge on any atom is -0.488 e. The maximum absolute atomic E-state index is 12.6. The van der Waals surface area contributed by atoms with Crippen LogP contribution in [0, 0.1) is 13.8 Å². The number of ether oxygens (including phenoxy) is 2. The van der Waals surface area contributed by atoms with Crippen LogP contribution in [0.25, 0.3) is 22.2 Å². The lowest BCUT2D eigenvalue weighted by Crippen LogP contribution is -2.37. The third kappa shape index (κ3) is 2.02. The summed E-state index contributed by atoms with van der Waals surface area (Å²) in [5.74, 6) is 1.45. The number of hydrogen-bond donors (Lipinski definition) is 1. The Morgan fingerprint density at radius 2 is 2.20 bits per heavy atom. The van der Waals surface area contributed by atoms with Crippen LogP contribution in [0.15, 0.2) is 21.5 Å². The highest BCUT2D eigenvalue weighted by molar-refractivity contribution is 5.92. The molecule has 1 aromatic carbocycles. The average Bonchev–Trinajstić information content (AvgIpc) is 3.31. The van der Waals surface area contributed by atoms with Crippen molar-refractivity contribution in [1.29, 1.82) is 0 Å². The maximum Gasteiger partial charge on any atom is 0.327 e. The van der Waals surface area contributed by atoms with Gasteiger partial charge in [-0.1, -0.05) is 5.16 Å². The van der Waals surface area contributed by atoms with Crippen molar-refractivity contribution in [1.82, 2.24) is 14.7 Å². The van der Waals surface area contributed by atoms with Crippen LogP contribution in [0.5, 0.6) is 5.75 Å². The lowest BCUT2D eigenvalue weighted by Gasteiger charge is -2.29. The molecule has 3 aromatic rings. The summed E-state index contributed by atoms with van der Waals surface area (Å²) in [6.07, 6.45) is 1.99. The monoisotopic (exact) mass is 341 g/mol. The van der Waals surface area contributed by atoms with E-state index in [-0.39, 0.29) is 17.8 Å². The molecule has 2 atom stereocenters. The Kier molecular flexibility index (Phi) is 3.09. The van der Waals surface area contributed by atoms with Gasteiger partial charge in [-0.25, -0.2) is 4.79 Å². The second kappa shape index (κ2) is 5.23. The molecule has 25 heavy (non-hydrogen) atoms. The van der Waals surface area contributed by atoms with Crippen molar-refractivity contribution in [2.45, 2.75) is 38.8 Å². The van der Waals surface area contributed by atoms with E-state index in [1.165, 1.54) is 0 Å². The number of aryl methyl sites for hydroxylation is 2. The first-order chi connectivity index (χ1) is 12.1. The molecule has 0 bridgehead atoms. The Balaban J connectivity index is 1.77. The Hall–Kier alpha value is -2.54. The number of H-pyrrole nitrogens is 1. The molecule has 2 aliphatic heterocycles. The average molecular weight is 341 g/mol. The van der Waals surface area contributed by atoms with Crippen LogP contribution in [-0.4, -0.2) is 34.0 Å². The summed E-state index contributed by atoms with van der Waals surface area (Å²) in [5, 5.41) is 4.04. The van der Waals surface area contributed by atoms with E-state index >= 15 is 0 Å². The molecule has 130 valence electrons. The lowest BCUT2D eigenvalue weighted by molar-refractivity contribution is 0.0429. The van der Waals surface area contributed by atoms with Gasteiger partial charge in [0.25, 0.3) is 0 Å². The standard InChI is InChI=1S/C18H19N3O4/c1-9-15(10(2)25-20-9)11-5-6-12-16-17(11)24-8-13(14-4-3-7-23-14)21(16)18(22)19-12/h5-6,13-14H,3-4,7-8H2,1-2H3,(H,19,22)/t13-,14?/m0/s1. The predicted molar refractivity (Wildman–Crippen MR) is 91.0 cm³/mol. The van der Waals surface area contributed by atoms with Gasteiger partial charge >= 0.3 is 5.69 Å². The maximum atomic E-state index is 12.6. The quantitative estimate of drug-likeness (QED) is 0.775. The van der Waals surface area contributed by atoms with E-state index in [4.69, 9.17) is 14.0 Å². The first-order valence-corrected chi connectivity index (χ1v) is 8.60. The van der Waals surface area contributed by atoms with E-state index in [0.717, 1.165) is 53.1 Å². The van der Waals surface area contributed by atoms with Gasteiger partial charge in [0.1, 0.15) is 17.9 Å². The zero-order valence-electron chi connectivity index (χ0n) is 14.2. The van der Waals surface area contributed by atoms with Crippen molar-refractivity contribution in [3.05, 3.63) is 34.1 Å². The summed E-state index contributed by atoms with van der Waals surface area (Å²) in [6.45, 7) is 4.96. The number of imidazole rings is 1. The van der Waals surface area contributed by atoms with Crippen molar-refractivity contribution in [2.24, 2.45) is 0 Å². The van der Waals surface area contributed by atoms with Gasteiger partial charge in [0.15, 0.2) is 5.75 Å². The molecule has 7 nitrogen and oxygen atoms in total. The Morgan fingerprint density at radius 1 is 1.32 bits per heavy atom. The van der Waals surface area contributed by atoms with Crippen LogP contribution >= 0.6 is 0 Å². The SMILES string of the molecule is Cc1noc(C)c1-c1ccc2[nH]c(=O)n3c2c1OC[C@H]3C1CCCO1. The fourth-order valence-corrected chi connectivity index (χ4v) is 4.14. The van der Waals surface area contributed by atoms with Crippen LogP contribution in [0.4, 0.5) is 0 Å².